The van der Waals surface area contributed by atoms with E-state index in [0.29, 0.717) is 38.9 Å². The lowest BCUT2D eigenvalue weighted by Gasteiger charge is -2.37. The van der Waals surface area contributed by atoms with Gasteiger partial charge in [-0.25, -0.2) is 0 Å². The Labute approximate surface area is 104 Å². The second-order valence-corrected chi connectivity index (χ2v) is 5.61. The van der Waals surface area contributed by atoms with Crippen LogP contribution in [0.5, 0.6) is 0 Å². The summed E-state index contributed by atoms with van der Waals surface area (Å²) in [7, 11) is 0. The number of hydrogen-bond donors (Lipinski definition) is 1. The lowest BCUT2D eigenvalue weighted by Crippen LogP contribution is -2.52. The van der Waals surface area contributed by atoms with Crippen molar-refractivity contribution in [3.8, 4) is 0 Å². The summed E-state index contributed by atoms with van der Waals surface area (Å²) in [4.78, 5) is 0. The average molecular weight is 265 g/mol. The standard InChI is InChI=1S/C12H18F3NO2/c13-12(14,15)10(5-6-10)16-9-1-3-11(4-2-9)17-7-8-18-11/h9,16H,1-8H2. The maximum absolute atomic E-state index is 12.8. The maximum Gasteiger partial charge on any atom is 0.406 e. The van der Waals surface area contributed by atoms with Crippen LogP contribution in [0.1, 0.15) is 38.5 Å². The van der Waals surface area contributed by atoms with Crippen LogP contribution in [-0.4, -0.2) is 36.8 Å². The molecule has 1 aliphatic heterocycles. The topological polar surface area (TPSA) is 30.5 Å². The largest absolute Gasteiger partial charge is 0.406 e. The van der Waals surface area contributed by atoms with Gasteiger partial charge in [0.1, 0.15) is 5.54 Å². The molecule has 0 amide bonds. The molecule has 1 heterocycles. The molecule has 3 nitrogen and oxygen atoms in total. The van der Waals surface area contributed by atoms with Crippen molar-refractivity contribution in [1.29, 1.82) is 0 Å². The van der Waals surface area contributed by atoms with Crippen LogP contribution in [0.3, 0.4) is 0 Å². The molecule has 3 rings (SSSR count). The van der Waals surface area contributed by atoms with Crippen LogP contribution >= 0.6 is 0 Å². The SMILES string of the molecule is FC(F)(F)C1(NC2CCC3(CC2)OCCO3)CC1. The van der Waals surface area contributed by atoms with Gasteiger partial charge in [0.05, 0.1) is 13.2 Å². The highest BCUT2D eigenvalue weighted by molar-refractivity contribution is 5.09. The van der Waals surface area contributed by atoms with Gasteiger partial charge in [0.25, 0.3) is 0 Å². The molecule has 1 spiro atoms. The number of rotatable bonds is 2. The molecule has 0 unspecified atom stereocenters. The normalized spacial score (nSPS) is 30.8. The monoisotopic (exact) mass is 265 g/mol. The maximum atomic E-state index is 12.8. The zero-order valence-corrected chi connectivity index (χ0v) is 10.2. The number of ether oxygens (including phenoxy) is 2. The molecule has 3 fully saturated rings. The second kappa shape index (κ2) is 4.08. The molecule has 1 N–H and O–H groups in total. The summed E-state index contributed by atoms with van der Waals surface area (Å²) in [5.41, 5.74) is -1.60. The van der Waals surface area contributed by atoms with E-state index >= 15 is 0 Å². The lowest BCUT2D eigenvalue weighted by molar-refractivity contribution is -0.187. The van der Waals surface area contributed by atoms with E-state index in [1.54, 1.807) is 0 Å². The average Bonchev–Trinajstić information content (AvgIpc) is 2.97. The van der Waals surface area contributed by atoms with Gasteiger partial charge < -0.3 is 14.8 Å². The molecule has 18 heavy (non-hydrogen) atoms. The molecule has 0 atom stereocenters. The molecule has 0 aromatic heterocycles. The van der Waals surface area contributed by atoms with E-state index in [2.05, 4.69) is 5.32 Å². The van der Waals surface area contributed by atoms with Crippen molar-refractivity contribution in [3.63, 3.8) is 0 Å². The van der Waals surface area contributed by atoms with Crippen molar-refractivity contribution in [3.05, 3.63) is 0 Å². The van der Waals surface area contributed by atoms with Crippen LogP contribution in [0, 0.1) is 0 Å². The Morgan fingerprint density at radius 3 is 1.94 bits per heavy atom. The fourth-order valence-corrected chi connectivity index (χ4v) is 3.01. The van der Waals surface area contributed by atoms with Crippen molar-refractivity contribution < 1.29 is 22.6 Å². The minimum absolute atomic E-state index is 0.0625. The summed E-state index contributed by atoms with van der Waals surface area (Å²) >= 11 is 0. The zero-order chi connectivity index (χ0) is 12.9. The highest BCUT2D eigenvalue weighted by Crippen LogP contribution is 2.50. The second-order valence-electron chi connectivity index (χ2n) is 5.61. The van der Waals surface area contributed by atoms with E-state index in [0.717, 1.165) is 0 Å². The van der Waals surface area contributed by atoms with E-state index in [9.17, 15) is 13.2 Å². The third-order valence-electron chi connectivity index (χ3n) is 4.33. The molecule has 0 bridgehead atoms. The Bertz CT molecular complexity index is 312. The number of halogens is 3. The van der Waals surface area contributed by atoms with Crippen LogP contribution in [0.2, 0.25) is 0 Å². The molecule has 0 radical (unpaired) electrons. The van der Waals surface area contributed by atoms with Gasteiger partial charge in [-0.3, -0.25) is 0 Å². The van der Waals surface area contributed by atoms with Gasteiger partial charge in [-0.05, 0) is 25.7 Å². The number of alkyl halides is 3. The van der Waals surface area contributed by atoms with Crippen molar-refractivity contribution >= 4 is 0 Å². The first-order chi connectivity index (χ1) is 8.45. The van der Waals surface area contributed by atoms with Crippen molar-refractivity contribution in [1.82, 2.24) is 5.32 Å². The van der Waals surface area contributed by atoms with Crippen molar-refractivity contribution in [2.24, 2.45) is 0 Å². The third-order valence-corrected chi connectivity index (χ3v) is 4.33. The highest BCUT2D eigenvalue weighted by Gasteiger charge is 2.64. The Balaban J connectivity index is 1.55. The molecular formula is C12H18F3NO2. The Kier molecular flexibility index (Phi) is 2.88. The quantitative estimate of drug-likeness (QED) is 0.831. The minimum Gasteiger partial charge on any atom is -0.348 e. The van der Waals surface area contributed by atoms with Crippen molar-refractivity contribution in [2.45, 2.75) is 62.1 Å². The molecule has 3 aliphatic rings. The summed E-state index contributed by atoms with van der Waals surface area (Å²) in [6, 6.07) is -0.0625. The predicted octanol–water partition coefficient (Wildman–Crippen LogP) is 2.36. The van der Waals surface area contributed by atoms with Crippen LogP contribution in [0.25, 0.3) is 0 Å². The number of nitrogens with one attached hydrogen (secondary N) is 1. The highest BCUT2D eigenvalue weighted by atomic mass is 19.4. The lowest BCUT2D eigenvalue weighted by atomic mass is 9.89. The van der Waals surface area contributed by atoms with Gasteiger partial charge >= 0.3 is 6.18 Å². The first-order valence-corrected chi connectivity index (χ1v) is 6.57. The van der Waals surface area contributed by atoms with E-state index < -0.39 is 17.5 Å². The number of hydrogen-bond acceptors (Lipinski definition) is 3. The van der Waals surface area contributed by atoms with Gasteiger partial charge in [0, 0.05) is 18.9 Å². The van der Waals surface area contributed by atoms with Crippen LogP contribution in [-0.2, 0) is 9.47 Å². The van der Waals surface area contributed by atoms with E-state index in [-0.39, 0.29) is 18.9 Å². The predicted molar refractivity (Wildman–Crippen MR) is 58.0 cm³/mol. The summed E-state index contributed by atoms with van der Waals surface area (Å²) in [5.74, 6) is -0.493. The molecule has 1 saturated heterocycles. The molecule has 104 valence electrons. The van der Waals surface area contributed by atoms with E-state index in [1.807, 2.05) is 0 Å². The fourth-order valence-electron chi connectivity index (χ4n) is 3.01. The van der Waals surface area contributed by atoms with E-state index in [4.69, 9.17) is 9.47 Å². The van der Waals surface area contributed by atoms with Gasteiger partial charge in [-0.2, -0.15) is 13.2 Å². The Morgan fingerprint density at radius 2 is 1.50 bits per heavy atom. The smallest absolute Gasteiger partial charge is 0.348 e. The molecule has 0 aromatic carbocycles. The van der Waals surface area contributed by atoms with Gasteiger partial charge in [-0.1, -0.05) is 0 Å². The Morgan fingerprint density at radius 1 is 0.944 bits per heavy atom. The molecule has 6 heteroatoms. The molecule has 2 saturated carbocycles. The molecule has 0 aromatic rings. The zero-order valence-electron chi connectivity index (χ0n) is 10.2. The molecule has 2 aliphatic carbocycles. The van der Waals surface area contributed by atoms with E-state index in [1.165, 1.54) is 0 Å². The summed E-state index contributed by atoms with van der Waals surface area (Å²) < 4.78 is 49.6. The summed E-state index contributed by atoms with van der Waals surface area (Å²) in [5, 5.41) is 2.82. The fraction of sp³-hybridized carbons (Fsp3) is 1.00. The summed E-state index contributed by atoms with van der Waals surface area (Å²) in [6.45, 7) is 1.20. The van der Waals surface area contributed by atoms with Gasteiger partial charge in [0.2, 0.25) is 0 Å². The van der Waals surface area contributed by atoms with Gasteiger partial charge in [0.15, 0.2) is 5.79 Å². The summed E-state index contributed by atoms with van der Waals surface area (Å²) in [6.07, 6.45) is -0.925. The molecular weight excluding hydrogens is 247 g/mol. The van der Waals surface area contributed by atoms with Crippen molar-refractivity contribution in [2.75, 3.05) is 13.2 Å². The minimum atomic E-state index is -4.12. The third kappa shape index (κ3) is 2.14. The van der Waals surface area contributed by atoms with Crippen LogP contribution in [0.15, 0.2) is 0 Å². The first-order valence-electron chi connectivity index (χ1n) is 6.57. The van der Waals surface area contributed by atoms with Crippen LogP contribution in [0.4, 0.5) is 13.2 Å². The van der Waals surface area contributed by atoms with Gasteiger partial charge in [-0.15, -0.1) is 0 Å². The van der Waals surface area contributed by atoms with Crippen LogP contribution < -0.4 is 5.32 Å². The first kappa shape index (κ1) is 12.7. The Hall–Kier alpha value is -0.330.